The van der Waals surface area contributed by atoms with Gasteiger partial charge in [-0.25, -0.2) is 4.98 Å². The molecule has 2 aliphatic rings. The summed E-state index contributed by atoms with van der Waals surface area (Å²) in [5.41, 5.74) is 1.00. The summed E-state index contributed by atoms with van der Waals surface area (Å²) in [7, 11) is 0. The summed E-state index contributed by atoms with van der Waals surface area (Å²) in [6, 6.07) is 1.08. The van der Waals surface area contributed by atoms with Crippen molar-refractivity contribution in [2.45, 2.75) is 39.3 Å². The minimum absolute atomic E-state index is 0.487. The van der Waals surface area contributed by atoms with Gasteiger partial charge in [-0.15, -0.1) is 0 Å². The predicted molar refractivity (Wildman–Crippen MR) is 81.9 cm³/mol. The summed E-state index contributed by atoms with van der Waals surface area (Å²) in [4.78, 5) is 9.49. The number of piperazine rings is 1. The summed E-state index contributed by atoms with van der Waals surface area (Å²) in [6.45, 7) is 10.4. The highest BCUT2D eigenvalue weighted by Crippen LogP contribution is 2.38. The minimum atomic E-state index is 0.487. The van der Waals surface area contributed by atoms with Crippen LogP contribution in [0.2, 0.25) is 5.02 Å². The van der Waals surface area contributed by atoms with Crippen LogP contribution in [0.25, 0.3) is 0 Å². The largest absolute Gasteiger partial charge is 0.489 e. The Morgan fingerprint density at radius 2 is 2.20 bits per heavy atom. The molecule has 0 amide bonds. The maximum Gasteiger partial charge on any atom is 0.172 e. The molecule has 0 aliphatic carbocycles. The maximum atomic E-state index is 6.17. The van der Waals surface area contributed by atoms with E-state index < -0.39 is 0 Å². The van der Waals surface area contributed by atoms with Crippen LogP contribution in [0.5, 0.6) is 5.75 Å². The number of pyridine rings is 1. The van der Waals surface area contributed by atoms with Gasteiger partial charge in [0, 0.05) is 49.9 Å². The molecule has 5 heteroatoms. The van der Waals surface area contributed by atoms with Gasteiger partial charge in [0.1, 0.15) is 0 Å². The molecule has 1 saturated heterocycles. The molecule has 1 aromatic heterocycles. The number of ether oxygens (including phenoxy) is 1. The van der Waals surface area contributed by atoms with Gasteiger partial charge in [-0.2, -0.15) is 0 Å². The smallest absolute Gasteiger partial charge is 0.172 e. The van der Waals surface area contributed by atoms with E-state index in [2.05, 4.69) is 28.6 Å². The Balaban J connectivity index is 1.93. The summed E-state index contributed by atoms with van der Waals surface area (Å²) in [6.07, 6.45) is 2.78. The average Bonchev–Trinajstić information content (AvgIpc) is 2.61. The second kappa shape index (κ2) is 5.41. The molecule has 0 N–H and O–H groups in total. The molecule has 0 radical (unpaired) electrons. The van der Waals surface area contributed by atoms with Crippen LogP contribution in [0.15, 0.2) is 6.20 Å². The molecule has 110 valence electrons. The number of halogens is 1. The van der Waals surface area contributed by atoms with Gasteiger partial charge >= 0.3 is 0 Å². The highest BCUT2D eigenvalue weighted by Gasteiger charge is 2.33. The van der Waals surface area contributed by atoms with Crippen LogP contribution in [0.4, 0.5) is 5.82 Å². The van der Waals surface area contributed by atoms with Crippen molar-refractivity contribution in [1.29, 1.82) is 0 Å². The third kappa shape index (κ3) is 2.35. The van der Waals surface area contributed by atoms with Gasteiger partial charge in [-0.05, 0) is 20.8 Å². The molecular formula is C15H22ClN3O. The van der Waals surface area contributed by atoms with Crippen molar-refractivity contribution >= 4 is 17.4 Å². The number of anilines is 1. The first kappa shape index (κ1) is 14.0. The lowest BCUT2D eigenvalue weighted by Crippen LogP contribution is -2.55. The van der Waals surface area contributed by atoms with Crippen LogP contribution in [0.1, 0.15) is 25.8 Å². The van der Waals surface area contributed by atoms with Gasteiger partial charge in [0.05, 0.1) is 11.6 Å². The zero-order valence-corrected chi connectivity index (χ0v) is 13.2. The molecular weight excluding hydrogens is 274 g/mol. The molecule has 0 spiro atoms. The van der Waals surface area contributed by atoms with Crippen LogP contribution in [0.3, 0.4) is 0 Å². The van der Waals surface area contributed by atoms with Crippen LogP contribution in [0, 0.1) is 6.92 Å². The molecule has 0 aromatic carbocycles. The van der Waals surface area contributed by atoms with Crippen molar-refractivity contribution in [2.75, 3.05) is 31.1 Å². The molecule has 1 atom stereocenters. The fourth-order valence-corrected chi connectivity index (χ4v) is 3.23. The number of aromatic nitrogens is 1. The number of nitrogens with zero attached hydrogens (tertiary/aromatic N) is 3. The standard InChI is InChI=1S/C15H22ClN3O/c1-10(2)18-5-6-19-12(9-18)4-7-20-14-11(3)13(16)8-17-15(14)19/h8,10,12H,4-7,9H2,1-3H3/t12-/m1/s1. The Kier molecular flexibility index (Phi) is 3.78. The first-order valence-electron chi connectivity index (χ1n) is 7.36. The van der Waals surface area contributed by atoms with E-state index in [1.807, 2.05) is 6.92 Å². The van der Waals surface area contributed by atoms with E-state index in [4.69, 9.17) is 16.3 Å². The Labute approximate surface area is 125 Å². The molecule has 1 fully saturated rings. The molecule has 20 heavy (non-hydrogen) atoms. The first-order chi connectivity index (χ1) is 9.58. The number of rotatable bonds is 1. The summed E-state index contributed by atoms with van der Waals surface area (Å²) in [5, 5.41) is 0.683. The van der Waals surface area contributed by atoms with Crippen molar-refractivity contribution in [3.8, 4) is 5.75 Å². The van der Waals surface area contributed by atoms with Gasteiger partial charge in [0.25, 0.3) is 0 Å². The molecule has 0 saturated carbocycles. The Morgan fingerprint density at radius 1 is 1.40 bits per heavy atom. The van der Waals surface area contributed by atoms with Gasteiger partial charge in [-0.3, -0.25) is 4.90 Å². The average molecular weight is 296 g/mol. The Hall–Kier alpha value is -1.00. The second-order valence-electron chi connectivity index (χ2n) is 5.96. The summed E-state index contributed by atoms with van der Waals surface area (Å²) >= 11 is 6.17. The van der Waals surface area contributed by atoms with E-state index in [0.717, 1.165) is 49.8 Å². The van der Waals surface area contributed by atoms with Crippen LogP contribution < -0.4 is 9.64 Å². The zero-order valence-electron chi connectivity index (χ0n) is 12.4. The van der Waals surface area contributed by atoms with E-state index >= 15 is 0 Å². The third-order valence-electron chi connectivity index (χ3n) is 4.42. The van der Waals surface area contributed by atoms with Gasteiger partial charge < -0.3 is 9.64 Å². The van der Waals surface area contributed by atoms with E-state index in [1.54, 1.807) is 6.20 Å². The highest BCUT2D eigenvalue weighted by atomic mass is 35.5. The van der Waals surface area contributed by atoms with E-state index in [-0.39, 0.29) is 0 Å². The molecule has 3 rings (SSSR count). The van der Waals surface area contributed by atoms with Crippen molar-refractivity contribution in [2.24, 2.45) is 0 Å². The van der Waals surface area contributed by atoms with E-state index in [0.29, 0.717) is 17.1 Å². The lowest BCUT2D eigenvalue weighted by Gasteiger charge is -2.42. The van der Waals surface area contributed by atoms with Gasteiger partial charge in [-0.1, -0.05) is 11.6 Å². The lowest BCUT2D eigenvalue weighted by atomic mass is 10.1. The highest BCUT2D eigenvalue weighted by molar-refractivity contribution is 6.31. The normalized spacial score (nSPS) is 23.1. The minimum Gasteiger partial charge on any atom is -0.489 e. The Bertz CT molecular complexity index is 506. The van der Waals surface area contributed by atoms with Crippen LogP contribution in [-0.4, -0.2) is 48.2 Å². The predicted octanol–water partition coefficient (Wildman–Crippen LogP) is 2.72. The topological polar surface area (TPSA) is 28.6 Å². The van der Waals surface area contributed by atoms with Gasteiger partial charge in [0.2, 0.25) is 0 Å². The molecule has 4 nitrogen and oxygen atoms in total. The van der Waals surface area contributed by atoms with Crippen LogP contribution in [-0.2, 0) is 0 Å². The first-order valence-corrected chi connectivity index (χ1v) is 7.74. The quantitative estimate of drug-likeness (QED) is 0.796. The van der Waals surface area contributed by atoms with E-state index in [1.165, 1.54) is 0 Å². The molecule has 2 aliphatic heterocycles. The Morgan fingerprint density at radius 3 is 2.95 bits per heavy atom. The summed E-state index contributed by atoms with van der Waals surface area (Å²) < 4.78 is 5.94. The van der Waals surface area contributed by atoms with Gasteiger partial charge in [0.15, 0.2) is 11.6 Å². The van der Waals surface area contributed by atoms with E-state index in [9.17, 15) is 0 Å². The van der Waals surface area contributed by atoms with Crippen molar-refractivity contribution < 1.29 is 4.74 Å². The fourth-order valence-electron chi connectivity index (χ4n) is 3.10. The van der Waals surface area contributed by atoms with Crippen molar-refractivity contribution in [3.05, 3.63) is 16.8 Å². The van der Waals surface area contributed by atoms with Crippen molar-refractivity contribution in [1.82, 2.24) is 9.88 Å². The van der Waals surface area contributed by atoms with Crippen molar-refractivity contribution in [3.63, 3.8) is 0 Å². The fraction of sp³-hybridized carbons (Fsp3) is 0.667. The maximum absolute atomic E-state index is 6.17. The lowest BCUT2D eigenvalue weighted by molar-refractivity contribution is 0.172. The molecule has 1 aromatic rings. The third-order valence-corrected chi connectivity index (χ3v) is 4.80. The number of fused-ring (bicyclic) bond motifs is 3. The summed E-state index contributed by atoms with van der Waals surface area (Å²) in [5.74, 6) is 1.84. The molecule has 3 heterocycles. The monoisotopic (exact) mass is 295 g/mol. The molecule has 0 unspecified atom stereocenters. The molecule has 0 bridgehead atoms. The number of hydrogen-bond donors (Lipinski definition) is 0. The SMILES string of the molecule is Cc1c(Cl)cnc2c1OCC[C@@H]1CN(C(C)C)CCN21. The number of hydrogen-bond acceptors (Lipinski definition) is 4. The zero-order chi connectivity index (χ0) is 14.3. The van der Waals surface area contributed by atoms with Crippen LogP contribution >= 0.6 is 11.6 Å². The second-order valence-corrected chi connectivity index (χ2v) is 6.36.